The molecule has 0 aliphatic heterocycles. The van der Waals surface area contributed by atoms with Crippen LogP contribution in [0.5, 0.6) is 0 Å². The first kappa shape index (κ1) is 11.9. The molecule has 0 unspecified atom stereocenters. The summed E-state index contributed by atoms with van der Waals surface area (Å²) in [5, 5.41) is 0. The number of benzene rings is 1. The summed E-state index contributed by atoms with van der Waals surface area (Å²) in [6.07, 6.45) is 3.19. The van der Waals surface area contributed by atoms with Gasteiger partial charge < -0.3 is 0 Å². The second-order valence-electron chi connectivity index (χ2n) is 3.08. The highest BCUT2D eigenvalue weighted by molar-refractivity contribution is 7.98. The first-order valence-corrected chi connectivity index (χ1v) is 6.07. The molecule has 0 aliphatic carbocycles. The maximum atomic E-state index is 11.6. The van der Waals surface area contributed by atoms with Crippen molar-refractivity contribution in [2.24, 2.45) is 0 Å². The molecule has 1 aromatic carbocycles. The van der Waals surface area contributed by atoms with Gasteiger partial charge in [0.2, 0.25) is 0 Å². The second-order valence-corrected chi connectivity index (χ2v) is 3.96. The van der Waals surface area contributed by atoms with Gasteiger partial charge in [0.25, 0.3) is 0 Å². The molecule has 1 aromatic rings. The van der Waals surface area contributed by atoms with E-state index < -0.39 is 0 Å². The topological polar surface area (TPSA) is 17.1 Å². The van der Waals surface area contributed by atoms with Crippen LogP contribution in [-0.4, -0.2) is 12.0 Å². The fraction of sp³-hybridized carbons (Fsp3) is 0.308. The van der Waals surface area contributed by atoms with Crippen LogP contribution in [0.4, 0.5) is 0 Å². The van der Waals surface area contributed by atoms with Gasteiger partial charge in [0.15, 0.2) is 5.78 Å². The number of rotatable bonds is 4. The van der Waals surface area contributed by atoms with Crippen LogP contribution >= 0.6 is 11.8 Å². The molecule has 0 aliphatic rings. The predicted molar refractivity (Wildman–Crippen MR) is 65.2 cm³/mol. The van der Waals surface area contributed by atoms with Gasteiger partial charge in [0, 0.05) is 23.3 Å². The van der Waals surface area contributed by atoms with Gasteiger partial charge >= 0.3 is 0 Å². The first-order chi connectivity index (χ1) is 7.27. The quantitative estimate of drug-likeness (QED) is 0.438. The molecule has 0 heterocycles. The van der Waals surface area contributed by atoms with Crippen molar-refractivity contribution in [1.82, 2.24) is 0 Å². The number of hydrogen-bond acceptors (Lipinski definition) is 2. The van der Waals surface area contributed by atoms with E-state index in [1.54, 1.807) is 18.7 Å². The Morgan fingerprint density at radius 1 is 1.33 bits per heavy atom. The molecule has 1 rings (SSSR count). The van der Waals surface area contributed by atoms with E-state index in [0.717, 1.165) is 5.56 Å². The van der Waals surface area contributed by atoms with Crippen molar-refractivity contribution in [2.45, 2.75) is 24.7 Å². The SMILES string of the molecule is CC#CCCC(=O)c1ccc(SC)cc1. The zero-order chi connectivity index (χ0) is 11.1. The van der Waals surface area contributed by atoms with Crippen LogP contribution in [-0.2, 0) is 0 Å². The highest BCUT2D eigenvalue weighted by atomic mass is 32.2. The summed E-state index contributed by atoms with van der Waals surface area (Å²) < 4.78 is 0. The molecule has 0 amide bonds. The molecule has 0 fully saturated rings. The van der Waals surface area contributed by atoms with Crippen molar-refractivity contribution in [3.05, 3.63) is 29.8 Å². The van der Waals surface area contributed by atoms with Crippen molar-refractivity contribution < 1.29 is 4.79 Å². The zero-order valence-corrected chi connectivity index (χ0v) is 9.86. The lowest BCUT2D eigenvalue weighted by molar-refractivity contribution is 0.0984. The van der Waals surface area contributed by atoms with Crippen molar-refractivity contribution in [3.63, 3.8) is 0 Å². The van der Waals surface area contributed by atoms with Crippen LogP contribution < -0.4 is 0 Å². The molecule has 78 valence electrons. The third kappa shape index (κ3) is 3.81. The number of thioether (sulfide) groups is 1. The van der Waals surface area contributed by atoms with Gasteiger partial charge in [-0.2, -0.15) is 0 Å². The highest BCUT2D eigenvalue weighted by Gasteiger charge is 2.03. The van der Waals surface area contributed by atoms with Gasteiger partial charge in [-0.3, -0.25) is 4.79 Å². The van der Waals surface area contributed by atoms with E-state index in [-0.39, 0.29) is 5.78 Å². The summed E-state index contributed by atoms with van der Waals surface area (Å²) in [7, 11) is 0. The summed E-state index contributed by atoms with van der Waals surface area (Å²) in [5.74, 6) is 5.86. The Labute approximate surface area is 95.3 Å². The molecule has 0 atom stereocenters. The van der Waals surface area contributed by atoms with Crippen LogP contribution in [0.2, 0.25) is 0 Å². The molecular formula is C13H14OS. The molecule has 1 nitrogen and oxygen atoms in total. The van der Waals surface area contributed by atoms with Crippen LogP contribution in [0.25, 0.3) is 0 Å². The standard InChI is InChI=1S/C13H14OS/c1-3-4-5-6-13(14)11-7-9-12(15-2)10-8-11/h7-10H,5-6H2,1-2H3. The Morgan fingerprint density at radius 3 is 2.53 bits per heavy atom. The van der Waals surface area contributed by atoms with Gasteiger partial charge in [-0.25, -0.2) is 0 Å². The largest absolute Gasteiger partial charge is 0.294 e. The Bertz CT molecular complexity index is 381. The summed E-state index contributed by atoms with van der Waals surface area (Å²) in [6, 6.07) is 7.72. The minimum Gasteiger partial charge on any atom is -0.294 e. The first-order valence-electron chi connectivity index (χ1n) is 4.84. The van der Waals surface area contributed by atoms with Gasteiger partial charge in [-0.05, 0) is 25.3 Å². The van der Waals surface area contributed by atoms with Gasteiger partial charge in [-0.15, -0.1) is 23.6 Å². The molecule has 2 heteroatoms. The van der Waals surface area contributed by atoms with E-state index in [9.17, 15) is 4.79 Å². The Morgan fingerprint density at radius 2 is 2.00 bits per heavy atom. The maximum Gasteiger partial charge on any atom is 0.163 e. The number of hydrogen-bond donors (Lipinski definition) is 0. The van der Waals surface area contributed by atoms with Crippen LogP contribution in [0.3, 0.4) is 0 Å². The van der Waals surface area contributed by atoms with Crippen molar-refractivity contribution in [2.75, 3.05) is 6.26 Å². The van der Waals surface area contributed by atoms with E-state index in [1.165, 1.54) is 4.90 Å². The zero-order valence-electron chi connectivity index (χ0n) is 9.04. The fourth-order valence-corrected chi connectivity index (χ4v) is 1.63. The lowest BCUT2D eigenvalue weighted by atomic mass is 10.1. The Hall–Kier alpha value is -1.20. The van der Waals surface area contributed by atoms with E-state index in [2.05, 4.69) is 11.8 Å². The van der Waals surface area contributed by atoms with Crippen molar-refractivity contribution in [1.29, 1.82) is 0 Å². The predicted octanol–water partition coefficient (Wildman–Crippen LogP) is 3.39. The third-order valence-electron chi connectivity index (χ3n) is 2.07. The summed E-state index contributed by atoms with van der Waals surface area (Å²) in [5.41, 5.74) is 0.783. The molecule has 0 N–H and O–H groups in total. The monoisotopic (exact) mass is 218 g/mol. The number of Topliss-reactive ketones (excluding diaryl/α,β-unsaturated/α-hetero) is 1. The summed E-state index contributed by atoms with van der Waals surface area (Å²) in [6.45, 7) is 1.79. The van der Waals surface area contributed by atoms with Crippen LogP contribution in [0, 0.1) is 11.8 Å². The molecule has 0 saturated carbocycles. The number of carbonyl (C=O) groups excluding carboxylic acids is 1. The average Bonchev–Trinajstić information content (AvgIpc) is 2.29. The van der Waals surface area contributed by atoms with E-state index >= 15 is 0 Å². The molecule has 0 saturated heterocycles. The minimum atomic E-state index is 0.172. The summed E-state index contributed by atoms with van der Waals surface area (Å²) in [4.78, 5) is 12.8. The number of ketones is 1. The van der Waals surface area contributed by atoms with E-state index in [1.807, 2.05) is 30.5 Å². The third-order valence-corrected chi connectivity index (χ3v) is 2.81. The van der Waals surface area contributed by atoms with Gasteiger partial charge in [0.05, 0.1) is 0 Å². The molecule has 0 spiro atoms. The average molecular weight is 218 g/mol. The molecule has 0 bridgehead atoms. The summed E-state index contributed by atoms with van der Waals surface area (Å²) >= 11 is 1.68. The maximum absolute atomic E-state index is 11.6. The van der Waals surface area contributed by atoms with E-state index in [0.29, 0.717) is 12.8 Å². The molecule has 0 radical (unpaired) electrons. The fourth-order valence-electron chi connectivity index (χ4n) is 1.22. The Kier molecular flexibility index (Phi) is 5.00. The molecule has 15 heavy (non-hydrogen) atoms. The molecular weight excluding hydrogens is 204 g/mol. The second kappa shape index (κ2) is 6.31. The normalized spacial score (nSPS) is 9.20. The van der Waals surface area contributed by atoms with Crippen LogP contribution in [0.1, 0.15) is 30.1 Å². The van der Waals surface area contributed by atoms with Crippen LogP contribution in [0.15, 0.2) is 29.2 Å². The van der Waals surface area contributed by atoms with Crippen molar-refractivity contribution in [3.8, 4) is 11.8 Å². The number of carbonyl (C=O) groups is 1. The smallest absolute Gasteiger partial charge is 0.163 e. The lowest BCUT2D eigenvalue weighted by Crippen LogP contribution is -1.97. The minimum absolute atomic E-state index is 0.172. The molecule has 0 aromatic heterocycles. The lowest BCUT2D eigenvalue weighted by Gasteiger charge is -2.00. The highest BCUT2D eigenvalue weighted by Crippen LogP contribution is 2.15. The van der Waals surface area contributed by atoms with Crippen molar-refractivity contribution >= 4 is 17.5 Å². The van der Waals surface area contributed by atoms with E-state index in [4.69, 9.17) is 0 Å². The van der Waals surface area contributed by atoms with Gasteiger partial charge in [0.1, 0.15) is 0 Å². The Balaban J connectivity index is 2.60. The van der Waals surface area contributed by atoms with Gasteiger partial charge in [-0.1, -0.05) is 12.1 Å².